The number of hydrogen-bond acceptors (Lipinski definition) is 6. The number of ether oxygens (including phenoxy) is 3. The number of fused-ring (bicyclic) bond motifs is 1. The minimum absolute atomic E-state index is 0.0395. The van der Waals surface area contributed by atoms with Crippen LogP contribution in [0.25, 0.3) is 0 Å². The molecule has 11 unspecified atom stereocenters. The van der Waals surface area contributed by atoms with E-state index in [4.69, 9.17) is 25.8 Å². The lowest BCUT2D eigenvalue weighted by Gasteiger charge is -2.48. The highest BCUT2D eigenvalue weighted by molar-refractivity contribution is 9.09. The van der Waals surface area contributed by atoms with Gasteiger partial charge in [-0.3, -0.25) is 9.80 Å². The van der Waals surface area contributed by atoms with Crippen LogP contribution in [0.5, 0.6) is 0 Å². The van der Waals surface area contributed by atoms with E-state index in [1.165, 1.54) is 12.8 Å². The van der Waals surface area contributed by atoms with Gasteiger partial charge in [-0.2, -0.15) is 0 Å². The fourth-order valence-corrected chi connectivity index (χ4v) is 11.2. The molecule has 5 fully saturated rings. The molecule has 5 nitrogen and oxygen atoms in total. The monoisotopic (exact) mass is 716 g/mol. The van der Waals surface area contributed by atoms with Gasteiger partial charge in [0.25, 0.3) is 0 Å². The van der Waals surface area contributed by atoms with Gasteiger partial charge in [0.05, 0.1) is 37.4 Å². The zero-order chi connectivity index (χ0) is 30.5. The van der Waals surface area contributed by atoms with E-state index in [2.05, 4.69) is 32.8 Å². The number of likely N-dealkylation sites (N-methyl/N-ethyl adjacent to an activating group) is 1. The predicted molar refractivity (Wildman–Crippen MR) is 173 cm³/mol. The van der Waals surface area contributed by atoms with Crippen molar-refractivity contribution in [2.24, 2.45) is 17.8 Å². The summed E-state index contributed by atoms with van der Waals surface area (Å²) in [4.78, 5) is 5.21. The first-order valence-corrected chi connectivity index (χ1v) is 19.4. The maximum Gasteiger partial charge on any atom is 0.132 e. The molecule has 0 aromatic heterocycles. The normalized spacial score (nSPS) is 44.9. The topological polar surface area (TPSA) is 34.2 Å². The van der Waals surface area contributed by atoms with Crippen LogP contribution in [0.2, 0.25) is 0 Å². The van der Waals surface area contributed by atoms with Crippen LogP contribution < -0.4 is 0 Å². The molecule has 11 heteroatoms. The molecule has 4 aliphatic carbocycles. The molecule has 1 heterocycles. The van der Waals surface area contributed by atoms with Gasteiger partial charge in [0.1, 0.15) is 24.0 Å². The van der Waals surface area contributed by atoms with Crippen molar-refractivity contribution >= 4 is 39.3 Å². The molecular weight excluding hydrogens is 665 g/mol. The molecule has 0 spiro atoms. The second kappa shape index (κ2) is 16.7. The average molecular weight is 718 g/mol. The van der Waals surface area contributed by atoms with Gasteiger partial charge in [-0.1, -0.05) is 22.4 Å². The summed E-state index contributed by atoms with van der Waals surface area (Å²) in [5.41, 5.74) is 0.0395. The number of thioether (sulfide) groups is 1. The van der Waals surface area contributed by atoms with E-state index in [0.717, 1.165) is 43.9 Å². The van der Waals surface area contributed by atoms with Crippen LogP contribution in [-0.2, 0) is 14.2 Å². The second-order valence-electron chi connectivity index (χ2n) is 13.6. The lowest BCUT2D eigenvalue weighted by Crippen LogP contribution is -2.54. The molecule has 250 valence electrons. The summed E-state index contributed by atoms with van der Waals surface area (Å²) in [7, 11) is 3.99. The highest BCUT2D eigenvalue weighted by Gasteiger charge is 2.55. The SMILES string of the molecule is COC1CC(C2CCCC3C2N(C2CCC(F)CC2)C(SCC2C(F)CCC(OCCOCCBr)C2F)N3C)CCC1Cl. The Balaban J connectivity index is 1.30. The van der Waals surface area contributed by atoms with Crippen LogP contribution in [0.3, 0.4) is 0 Å². The van der Waals surface area contributed by atoms with Gasteiger partial charge in [0, 0.05) is 42.2 Å². The Hall–Kier alpha value is 0.710. The van der Waals surface area contributed by atoms with Crippen molar-refractivity contribution in [3.63, 3.8) is 0 Å². The molecule has 0 N–H and O–H groups in total. The zero-order valence-corrected chi connectivity index (χ0v) is 29.1. The molecule has 1 saturated heterocycles. The predicted octanol–water partition coefficient (Wildman–Crippen LogP) is 7.37. The third kappa shape index (κ3) is 8.24. The maximum absolute atomic E-state index is 15.8. The van der Waals surface area contributed by atoms with Crippen LogP contribution in [0.15, 0.2) is 0 Å². The van der Waals surface area contributed by atoms with E-state index in [-0.39, 0.29) is 17.0 Å². The van der Waals surface area contributed by atoms with Crippen molar-refractivity contribution in [3.8, 4) is 0 Å². The second-order valence-corrected chi connectivity index (χ2v) is 16.0. The zero-order valence-electron chi connectivity index (χ0n) is 25.9. The van der Waals surface area contributed by atoms with Gasteiger partial charge in [0.2, 0.25) is 0 Å². The van der Waals surface area contributed by atoms with Crippen molar-refractivity contribution in [2.75, 3.05) is 45.1 Å². The first-order chi connectivity index (χ1) is 20.8. The summed E-state index contributed by atoms with van der Waals surface area (Å²) in [6.07, 6.45) is 6.54. The number of hydrogen-bond donors (Lipinski definition) is 0. The van der Waals surface area contributed by atoms with Gasteiger partial charge in [-0.05, 0) is 89.5 Å². The molecule has 0 aromatic carbocycles. The summed E-state index contributed by atoms with van der Waals surface area (Å²) in [5, 5.41) is 0.816. The quantitative estimate of drug-likeness (QED) is 0.155. The highest BCUT2D eigenvalue weighted by atomic mass is 79.9. The molecule has 5 rings (SSSR count). The Morgan fingerprint density at radius 1 is 0.907 bits per heavy atom. The lowest BCUT2D eigenvalue weighted by molar-refractivity contribution is -0.0778. The van der Waals surface area contributed by atoms with Crippen LogP contribution >= 0.6 is 39.3 Å². The lowest BCUT2D eigenvalue weighted by atomic mass is 9.68. The Labute approximate surface area is 275 Å². The number of methoxy groups -OCH3 is 1. The third-order valence-corrected chi connectivity index (χ3v) is 13.5. The van der Waals surface area contributed by atoms with E-state index in [9.17, 15) is 4.39 Å². The van der Waals surface area contributed by atoms with Gasteiger partial charge in [-0.25, -0.2) is 13.2 Å². The molecular formula is C32H53BrClF3N2O3S. The molecule has 0 amide bonds. The van der Waals surface area contributed by atoms with Crippen molar-refractivity contribution in [3.05, 3.63) is 0 Å². The smallest absolute Gasteiger partial charge is 0.132 e. The minimum Gasteiger partial charge on any atom is -0.380 e. The van der Waals surface area contributed by atoms with Gasteiger partial charge >= 0.3 is 0 Å². The summed E-state index contributed by atoms with van der Waals surface area (Å²) >= 11 is 11.7. The van der Waals surface area contributed by atoms with Crippen LogP contribution in [-0.4, -0.2) is 115 Å². The van der Waals surface area contributed by atoms with Gasteiger partial charge in [-0.15, -0.1) is 23.4 Å². The van der Waals surface area contributed by atoms with Crippen LogP contribution in [0.4, 0.5) is 13.2 Å². The molecule has 0 aromatic rings. The average Bonchev–Trinajstić information content (AvgIpc) is 3.30. The Kier molecular flexibility index (Phi) is 13.6. The minimum atomic E-state index is -1.33. The molecule has 11 atom stereocenters. The maximum atomic E-state index is 15.8. The number of alkyl halides is 5. The largest absolute Gasteiger partial charge is 0.380 e. The van der Waals surface area contributed by atoms with Crippen LogP contribution in [0, 0.1) is 17.8 Å². The fourth-order valence-electron chi connectivity index (χ4n) is 8.96. The summed E-state index contributed by atoms with van der Waals surface area (Å²) in [6, 6.07) is 1.07. The fraction of sp³-hybridized carbons (Fsp3) is 1.00. The number of halogens is 5. The van der Waals surface area contributed by atoms with Crippen molar-refractivity contribution in [1.29, 1.82) is 0 Å². The summed E-state index contributed by atoms with van der Waals surface area (Å²) in [5.74, 6) is 0.798. The van der Waals surface area contributed by atoms with Gasteiger partial charge < -0.3 is 14.2 Å². The summed E-state index contributed by atoms with van der Waals surface area (Å²) in [6.45, 7) is 1.32. The van der Waals surface area contributed by atoms with E-state index in [1.54, 1.807) is 18.9 Å². The Morgan fingerprint density at radius 3 is 2.44 bits per heavy atom. The Bertz CT molecular complexity index is 852. The first-order valence-electron chi connectivity index (χ1n) is 16.8. The molecule has 4 saturated carbocycles. The Morgan fingerprint density at radius 2 is 1.70 bits per heavy atom. The molecule has 0 bridgehead atoms. The van der Waals surface area contributed by atoms with E-state index in [1.807, 2.05) is 0 Å². The molecule has 1 aliphatic heterocycles. The first kappa shape index (κ1) is 35.0. The van der Waals surface area contributed by atoms with Crippen molar-refractivity contribution in [2.45, 2.75) is 137 Å². The van der Waals surface area contributed by atoms with E-state index in [0.29, 0.717) is 81.2 Å². The third-order valence-electron chi connectivity index (χ3n) is 11.2. The van der Waals surface area contributed by atoms with Gasteiger partial charge in [0.15, 0.2) is 0 Å². The molecule has 5 aliphatic rings. The molecule has 0 radical (unpaired) electrons. The summed E-state index contributed by atoms with van der Waals surface area (Å²) < 4.78 is 62.6. The van der Waals surface area contributed by atoms with Crippen molar-refractivity contribution in [1.82, 2.24) is 9.80 Å². The highest BCUT2D eigenvalue weighted by Crippen LogP contribution is 2.50. The van der Waals surface area contributed by atoms with Crippen molar-refractivity contribution < 1.29 is 27.4 Å². The number of nitrogens with zero attached hydrogens (tertiary/aromatic N) is 2. The van der Waals surface area contributed by atoms with E-state index < -0.39 is 30.5 Å². The molecule has 43 heavy (non-hydrogen) atoms. The number of rotatable bonds is 12. The van der Waals surface area contributed by atoms with Crippen LogP contribution in [0.1, 0.15) is 77.0 Å². The standard InChI is InChI=1S/C32H53BrClF3N2O3S/c1-38-27-5-3-4-23(20-6-11-25(34)29(18-20)40-2)31(27)39(22-9-7-21(35)8-10-22)32(38)43-19-24-26(36)12-13-28(30(24)37)42-17-16-41-15-14-33/h20-32H,3-19H2,1-2H3. The van der Waals surface area contributed by atoms with E-state index >= 15 is 8.78 Å².